The molecule has 0 saturated carbocycles. The molecule has 0 fully saturated rings. The summed E-state index contributed by atoms with van der Waals surface area (Å²) >= 11 is 0. The number of hydrogen-bond donors (Lipinski definition) is 1. The molecule has 0 saturated heterocycles. The molecule has 0 spiro atoms. The Labute approximate surface area is 141 Å². The summed E-state index contributed by atoms with van der Waals surface area (Å²) in [6.45, 7) is 6.72. The number of ether oxygens (including phenoxy) is 2. The zero-order valence-electron chi connectivity index (χ0n) is 15.0. The minimum absolute atomic E-state index is 0.0754. The van der Waals surface area contributed by atoms with Gasteiger partial charge in [0, 0.05) is 12.8 Å². The summed E-state index contributed by atoms with van der Waals surface area (Å²) in [6, 6.07) is 0. The van der Waals surface area contributed by atoms with Crippen LogP contribution in [0.3, 0.4) is 0 Å². The largest absolute Gasteiger partial charge is 0.466 e. The highest BCUT2D eigenvalue weighted by Gasteiger charge is 2.01. The van der Waals surface area contributed by atoms with E-state index in [0.29, 0.717) is 26.1 Å². The molecule has 23 heavy (non-hydrogen) atoms. The second-order valence-electron chi connectivity index (χ2n) is 5.69. The summed E-state index contributed by atoms with van der Waals surface area (Å²) in [7, 11) is 0. The van der Waals surface area contributed by atoms with E-state index < -0.39 is 0 Å². The molecule has 0 rings (SSSR count). The van der Waals surface area contributed by atoms with Crippen molar-refractivity contribution in [3.05, 3.63) is 0 Å². The van der Waals surface area contributed by atoms with Crippen LogP contribution in [0, 0.1) is 0 Å². The molecule has 0 atom stereocenters. The second kappa shape index (κ2) is 17.3. The van der Waals surface area contributed by atoms with Gasteiger partial charge in [0.2, 0.25) is 0 Å². The smallest absolute Gasteiger partial charge is 0.305 e. The van der Waals surface area contributed by atoms with Crippen molar-refractivity contribution in [1.82, 2.24) is 5.32 Å². The maximum atomic E-state index is 11.1. The Balaban J connectivity index is 3.11. The summed E-state index contributed by atoms with van der Waals surface area (Å²) in [5.74, 6) is -0.151. The molecule has 1 N–H and O–H groups in total. The van der Waals surface area contributed by atoms with Crippen LogP contribution < -0.4 is 5.32 Å². The van der Waals surface area contributed by atoms with Crippen molar-refractivity contribution >= 4 is 11.9 Å². The maximum absolute atomic E-state index is 11.1. The third kappa shape index (κ3) is 17.1. The summed E-state index contributed by atoms with van der Waals surface area (Å²) in [4.78, 5) is 22.3. The molecule has 0 amide bonds. The summed E-state index contributed by atoms with van der Waals surface area (Å²) in [5.41, 5.74) is 0. The van der Waals surface area contributed by atoms with Gasteiger partial charge in [0.05, 0.1) is 13.2 Å². The van der Waals surface area contributed by atoms with Crippen LogP contribution >= 0.6 is 0 Å². The minimum Gasteiger partial charge on any atom is -0.466 e. The van der Waals surface area contributed by atoms with Crippen molar-refractivity contribution in [3.63, 3.8) is 0 Å². The summed E-state index contributed by atoms with van der Waals surface area (Å²) in [5, 5.41) is 3.44. The van der Waals surface area contributed by atoms with Crippen molar-refractivity contribution < 1.29 is 19.1 Å². The van der Waals surface area contributed by atoms with Crippen molar-refractivity contribution in [1.29, 1.82) is 0 Å². The number of unbranched alkanes of at least 4 members (excludes halogenated alkanes) is 6. The molecule has 136 valence electrons. The van der Waals surface area contributed by atoms with Crippen molar-refractivity contribution in [2.45, 2.75) is 78.1 Å². The molecule has 5 nitrogen and oxygen atoms in total. The number of hydrogen-bond acceptors (Lipinski definition) is 5. The summed E-state index contributed by atoms with van der Waals surface area (Å²) < 4.78 is 9.78. The lowest BCUT2D eigenvalue weighted by molar-refractivity contribution is -0.144. The van der Waals surface area contributed by atoms with E-state index in [2.05, 4.69) is 5.32 Å². The molecule has 0 heterocycles. The zero-order chi connectivity index (χ0) is 17.2. The lowest BCUT2D eigenvalue weighted by Crippen LogP contribution is -2.16. The fourth-order valence-corrected chi connectivity index (χ4v) is 2.34. The summed E-state index contributed by atoms with van der Waals surface area (Å²) in [6.07, 6.45) is 9.77. The zero-order valence-corrected chi connectivity index (χ0v) is 15.0. The maximum Gasteiger partial charge on any atom is 0.305 e. The molecule has 0 aliphatic carbocycles. The van der Waals surface area contributed by atoms with Gasteiger partial charge in [-0.25, -0.2) is 0 Å². The Morgan fingerprint density at radius 2 is 1.04 bits per heavy atom. The minimum atomic E-state index is -0.0754. The Morgan fingerprint density at radius 1 is 0.652 bits per heavy atom. The van der Waals surface area contributed by atoms with Crippen LogP contribution in [0.4, 0.5) is 0 Å². The van der Waals surface area contributed by atoms with E-state index in [1.54, 1.807) is 0 Å². The fraction of sp³-hybridized carbons (Fsp3) is 0.889. The van der Waals surface area contributed by atoms with Gasteiger partial charge in [-0.1, -0.05) is 25.7 Å². The third-order valence-corrected chi connectivity index (χ3v) is 3.58. The average Bonchev–Trinajstić information content (AvgIpc) is 2.52. The monoisotopic (exact) mass is 329 g/mol. The number of carbonyl (C=O) groups is 2. The molecule has 0 aliphatic rings. The van der Waals surface area contributed by atoms with Gasteiger partial charge in [0.25, 0.3) is 0 Å². The molecule has 5 heteroatoms. The number of rotatable bonds is 16. The van der Waals surface area contributed by atoms with Gasteiger partial charge in [-0.2, -0.15) is 0 Å². The predicted molar refractivity (Wildman–Crippen MR) is 92.3 cm³/mol. The van der Waals surface area contributed by atoms with Gasteiger partial charge in [-0.15, -0.1) is 0 Å². The Hall–Kier alpha value is -1.10. The van der Waals surface area contributed by atoms with E-state index in [0.717, 1.165) is 64.5 Å². The molecule has 0 aliphatic heterocycles. The van der Waals surface area contributed by atoms with Crippen molar-refractivity contribution in [3.8, 4) is 0 Å². The van der Waals surface area contributed by atoms with Gasteiger partial charge >= 0.3 is 11.9 Å². The average molecular weight is 329 g/mol. The van der Waals surface area contributed by atoms with Crippen molar-refractivity contribution in [2.24, 2.45) is 0 Å². The molecule has 0 aromatic carbocycles. The van der Waals surface area contributed by atoms with Gasteiger partial charge < -0.3 is 14.8 Å². The highest BCUT2D eigenvalue weighted by molar-refractivity contribution is 5.69. The van der Waals surface area contributed by atoms with E-state index >= 15 is 0 Å². The van der Waals surface area contributed by atoms with Crippen LogP contribution in [-0.4, -0.2) is 38.2 Å². The molecule has 0 unspecified atom stereocenters. The topological polar surface area (TPSA) is 64.6 Å². The van der Waals surface area contributed by atoms with E-state index in [1.165, 1.54) is 0 Å². The molecular weight excluding hydrogens is 294 g/mol. The third-order valence-electron chi connectivity index (χ3n) is 3.58. The van der Waals surface area contributed by atoms with Crippen LogP contribution in [0.25, 0.3) is 0 Å². The highest BCUT2D eigenvalue weighted by Crippen LogP contribution is 2.05. The molecular formula is C18H35NO4. The lowest BCUT2D eigenvalue weighted by atomic mass is 10.1. The van der Waals surface area contributed by atoms with Crippen LogP contribution in [-0.2, 0) is 19.1 Å². The van der Waals surface area contributed by atoms with Gasteiger partial charge in [-0.3, -0.25) is 9.59 Å². The SMILES string of the molecule is CCOC(=O)CCCCCCNCCCCCCC(=O)OCC. The van der Waals surface area contributed by atoms with Crippen LogP contribution in [0.5, 0.6) is 0 Å². The first-order chi connectivity index (χ1) is 11.2. The Morgan fingerprint density at radius 3 is 1.43 bits per heavy atom. The first kappa shape index (κ1) is 21.9. The Kier molecular flexibility index (Phi) is 16.4. The number of nitrogens with one attached hydrogen (secondary N) is 1. The highest BCUT2D eigenvalue weighted by atomic mass is 16.5. The second-order valence-corrected chi connectivity index (χ2v) is 5.69. The molecule has 0 aromatic heterocycles. The number of carbonyl (C=O) groups excluding carboxylic acids is 2. The normalized spacial score (nSPS) is 10.5. The first-order valence-corrected chi connectivity index (χ1v) is 9.22. The van der Waals surface area contributed by atoms with Gasteiger partial charge in [0.15, 0.2) is 0 Å². The molecule has 0 radical (unpaired) electrons. The molecule has 0 bridgehead atoms. The van der Waals surface area contributed by atoms with Crippen LogP contribution in [0.2, 0.25) is 0 Å². The predicted octanol–water partition coefficient (Wildman–Crippen LogP) is 3.60. The van der Waals surface area contributed by atoms with E-state index in [9.17, 15) is 9.59 Å². The molecule has 0 aromatic rings. The lowest BCUT2D eigenvalue weighted by Gasteiger charge is -2.05. The van der Waals surface area contributed by atoms with Crippen LogP contribution in [0.15, 0.2) is 0 Å². The quantitative estimate of drug-likeness (QED) is 0.346. The first-order valence-electron chi connectivity index (χ1n) is 9.22. The standard InChI is InChI=1S/C18H35NO4/c1-3-22-17(20)13-9-5-7-11-15-19-16-12-8-6-10-14-18(21)23-4-2/h19H,3-16H2,1-2H3. The van der Waals surface area contributed by atoms with Crippen LogP contribution in [0.1, 0.15) is 78.1 Å². The number of esters is 2. The van der Waals surface area contributed by atoms with Crippen molar-refractivity contribution in [2.75, 3.05) is 26.3 Å². The van der Waals surface area contributed by atoms with E-state index in [1.807, 2.05) is 13.8 Å². The Bertz CT molecular complexity index is 267. The fourth-order valence-electron chi connectivity index (χ4n) is 2.34. The van der Waals surface area contributed by atoms with E-state index in [4.69, 9.17) is 9.47 Å². The van der Waals surface area contributed by atoms with Gasteiger partial charge in [-0.05, 0) is 52.6 Å². The van der Waals surface area contributed by atoms with Gasteiger partial charge in [0.1, 0.15) is 0 Å². The van der Waals surface area contributed by atoms with E-state index in [-0.39, 0.29) is 11.9 Å².